The van der Waals surface area contributed by atoms with Gasteiger partial charge in [-0.1, -0.05) is 6.07 Å². The molecule has 0 aliphatic carbocycles. The number of hydrogen-bond acceptors (Lipinski definition) is 7. The van der Waals surface area contributed by atoms with Crippen LogP contribution in [0.15, 0.2) is 77.6 Å². The third-order valence-electron chi connectivity index (χ3n) is 6.28. The molecule has 38 heavy (non-hydrogen) atoms. The Morgan fingerprint density at radius 3 is 1.95 bits per heavy atom. The maximum atomic E-state index is 14.0. The van der Waals surface area contributed by atoms with E-state index >= 15 is 0 Å². The van der Waals surface area contributed by atoms with Crippen LogP contribution in [-0.4, -0.2) is 43.0 Å². The molecule has 2 heterocycles. The van der Waals surface area contributed by atoms with Gasteiger partial charge in [-0.15, -0.1) is 0 Å². The van der Waals surface area contributed by atoms with Crippen LogP contribution in [0.1, 0.15) is 0 Å². The summed E-state index contributed by atoms with van der Waals surface area (Å²) in [4.78, 5) is 22.0. The predicted octanol–water partition coefficient (Wildman–Crippen LogP) is 5.81. The fourth-order valence-electron chi connectivity index (χ4n) is 4.32. The van der Waals surface area contributed by atoms with E-state index in [1.165, 1.54) is 4.57 Å². The first-order valence-corrected chi connectivity index (χ1v) is 12.1. The molecule has 0 atom stereocenters. The molecule has 5 rings (SSSR count). The van der Waals surface area contributed by atoms with Crippen LogP contribution in [0, 0.1) is 4.77 Å². The monoisotopic (exact) mass is 527 g/mol. The van der Waals surface area contributed by atoms with Crippen LogP contribution < -0.4 is 24.5 Å². The molecule has 1 N–H and O–H groups in total. The first-order chi connectivity index (χ1) is 18.5. The van der Waals surface area contributed by atoms with Crippen LogP contribution in [0.5, 0.6) is 23.0 Å². The minimum absolute atomic E-state index is 0.227. The molecule has 192 valence electrons. The highest BCUT2D eigenvalue weighted by atomic mass is 32.1. The summed E-state index contributed by atoms with van der Waals surface area (Å²) in [5.41, 5.74) is 3.63. The molecule has 0 saturated carbocycles. The molecule has 0 unspecified atom stereocenters. The lowest BCUT2D eigenvalue weighted by Crippen LogP contribution is -2.21. The van der Waals surface area contributed by atoms with Crippen LogP contribution in [0.3, 0.4) is 0 Å². The highest BCUT2D eigenvalue weighted by molar-refractivity contribution is 7.71. The van der Waals surface area contributed by atoms with E-state index in [0.717, 1.165) is 16.9 Å². The molecule has 8 nitrogen and oxygen atoms in total. The number of hydrogen-bond donors (Lipinski definition) is 1. The second kappa shape index (κ2) is 10.4. The van der Waals surface area contributed by atoms with E-state index in [0.29, 0.717) is 45.2 Å². The number of pyridine rings is 1. The zero-order valence-corrected chi connectivity index (χ0v) is 22.1. The molecule has 0 aliphatic rings. The third kappa shape index (κ3) is 4.48. The molecule has 0 bridgehead atoms. The van der Waals surface area contributed by atoms with Crippen LogP contribution in [0.25, 0.3) is 39.1 Å². The summed E-state index contributed by atoms with van der Waals surface area (Å²) in [6.45, 7) is 0. The molecule has 0 saturated heterocycles. The topological polar surface area (TPSA) is 87.6 Å². The van der Waals surface area contributed by atoms with E-state index in [9.17, 15) is 4.79 Å². The van der Waals surface area contributed by atoms with Gasteiger partial charge >= 0.3 is 0 Å². The number of nitrogens with zero attached hydrogens (tertiary/aromatic N) is 2. The second-order valence-corrected chi connectivity index (χ2v) is 8.73. The summed E-state index contributed by atoms with van der Waals surface area (Å²) in [6.07, 6.45) is 0. The fourth-order valence-corrected chi connectivity index (χ4v) is 4.61. The number of aromatic amines is 1. The Bertz CT molecular complexity index is 1740. The lowest BCUT2D eigenvalue weighted by atomic mass is 9.99. The molecule has 0 aliphatic heterocycles. The van der Waals surface area contributed by atoms with Gasteiger partial charge in [-0.3, -0.25) is 9.36 Å². The number of benzene rings is 3. The average molecular weight is 528 g/mol. The van der Waals surface area contributed by atoms with Crippen molar-refractivity contribution in [3.05, 3.63) is 87.9 Å². The van der Waals surface area contributed by atoms with E-state index in [2.05, 4.69) is 4.98 Å². The maximum Gasteiger partial charge on any atom is 0.269 e. The highest BCUT2D eigenvalue weighted by Gasteiger charge is 2.18. The minimum atomic E-state index is -0.299. The number of ether oxygens (including phenoxy) is 4. The molecular weight excluding hydrogens is 502 g/mol. The number of methoxy groups -OCH3 is 4. The Hall–Kier alpha value is -4.63. The predicted molar refractivity (Wildman–Crippen MR) is 150 cm³/mol. The Labute approximate surface area is 224 Å². The van der Waals surface area contributed by atoms with Crippen molar-refractivity contribution in [3.8, 4) is 51.1 Å². The van der Waals surface area contributed by atoms with Gasteiger partial charge in [-0.05, 0) is 84.5 Å². The zero-order chi connectivity index (χ0) is 26.8. The Kier molecular flexibility index (Phi) is 6.85. The van der Waals surface area contributed by atoms with Crippen molar-refractivity contribution >= 4 is 23.3 Å². The summed E-state index contributed by atoms with van der Waals surface area (Å²) >= 11 is 5.62. The Morgan fingerprint density at radius 1 is 0.737 bits per heavy atom. The first-order valence-electron chi connectivity index (χ1n) is 11.7. The van der Waals surface area contributed by atoms with Gasteiger partial charge in [0.15, 0.2) is 16.3 Å². The Morgan fingerprint density at radius 2 is 1.34 bits per heavy atom. The molecule has 3 aromatic carbocycles. The summed E-state index contributed by atoms with van der Waals surface area (Å²) < 4.78 is 23.2. The summed E-state index contributed by atoms with van der Waals surface area (Å²) in [7, 11) is 6.36. The van der Waals surface area contributed by atoms with Gasteiger partial charge < -0.3 is 23.9 Å². The summed E-state index contributed by atoms with van der Waals surface area (Å²) in [5, 5.41) is 0.388. The molecular formula is C29H25N3O5S. The van der Waals surface area contributed by atoms with Gasteiger partial charge in [0.2, 0.25) is 0 Å². The normalized spacial score (nSPS) is 10.8. The van der Waals surface area contributed by atoms with Gasteiger partial charge in [-0.25, -0.2) is 4.98 Å². The average Bonchev–Trinajstić information content (AvgIpc) is 2.96. The quantitative estimate of drug-likeness (QED) is 0.267. The molecule has 9 heteroatoms. The van der Waals surface area contributed by atoms with Crippen molar-refractivity contribution in [3.63, 3.8) is 0 Å². The van der Waals surface area contributed by atoms with Crippen molar-refractivity contribution in [2.45, 2.75) is 0 Å². The maximum absolute atomic E-state index is 14.0. The number of H-pyrrole nitrogens is 1. The lowest BCUT2D eigenvalue weighted by molar-refractivity contribution is 0.355. The van der Waals surface area contributed by atoms with Crippen molar-refractivity contribution < 1.29 is 18.9 Å². The second-order valence-electron chi connectivity index (χ2n) is 8.35. The molecule has 0 spiro atoms. The largest absolute Gasteiger partial charge is 0.497 e. The van der Waals surface area contributed by atoms with Gasteiger partial charge in [0.1, 0.15) is 17.1 Å². The molecule has 0 amide bonds. The molecule has 2 aromatic heterocycles. The first kappa shape index (κ1) is 25.0. The van der Waals surface area contributed by atoms with E-state index in [1.807, 2.05) is 42.5 Å². The van der Waals surface area contributed by atoms with Crippen LogP contribution in [0.2, 0.25) is 0 Å². The van der Waals surface area contributed by atoms with Crippen LogP contribution >= 0.6 is 12.2 Å². The van der Waals surface area contributed by atoms with Crippen LogP contribution in [0.4, 0.5) is 0 Å². The Balaban J connectivity index is 1.82. The fraction of sp³-hybridized carbons (Fsp3) is 0.138. The zero-order valence-electron chi connectivity index (χ0n) is 21.3. The molecule has 5 aromatic rings. The van der Waals surface area contributed by atoms with Gasteiger partial charge in [0, 0.05) is 11.1 Å². The van der Waals surface area contributed by atoms with E-state index < -0.39 is 0 Å². The standard InChI is InChI=1S/C29H25N3O5S/c1-34-20-10-5-17(6-11-20)23-16-22(18-7-14-24(36-3)25(15-18)37-4)26-27(30-23)31-29(38)32(28(26)33)19-8-12-21(35-2)13-9-19/h5-16H,1-4H3,(H,30,31,38). The SMILES string of the molecule is COc1ccc(-c2cc(-c3ccc(OC)c(OC)c3)c3c(=O)n(-c4ccc(OC)cc4)c(=S)[nH]c3n2)cc1. The summed E-state index contributed by atoms with van der Waals surface area (Å²) in [5.74, 6) is 2.53. The van der Waals surface area contributed by atoms with E-state index in [4.69, 9.17) is 36.1 Å². The van der Waals surface area contributed by atoms with Gasteiger partial charge in [0.25, 0.3) is 5.56 Å². The smallest absolute Gasteiger partial charge is 0.269 e. The number of rotatable bonds is 7. The van der Waals surface area contributed by atoms with Crippen molar-refractivity contribution in [1.29, 1.82) is 0 Å². The lowest BCUT2D eigenvalue weighted by Gasteiger charge is -2.15. The van der Waals surface area contributed by atoms with Gasteiger partial charge in [-0.2, -0.15) is 0 Å². The third-order valence-corrected chi connectivity index (χ3v) is 6.56. The minimum Gasteiger partial charge on any atom is -0.497 e. The van der Waals surface area contributed by atoms with Crippen molar-refractivity contribution in [2.75, 3.05) is 28.4 Å². The molecule has 0 radical (unpaired) electrons. The highest BCUT2D eigenvalue weighted by Crippen LogP contribution is 2.36. The molecule has 0 fully saturated rings. The number of nitrogens with one attached hydrogen (secondary N) is 1. The summed E-state index contributed by atoms with van der Waals surface area (Å²) in [6, 6.07) is 22.1. The van der Waals surface area contributed by atoms with Crippen molar-refractivity contribution in [1.82, 2.24) is 14.5 Å². The van der Waals surface area contributed by atoms with Gasteiger partial charge in [0.05, 0.1) is 45.2 Å². The van der Waals surface area contributed by atoms with Crippen LogP contribution in [-0.2, 0) is 0 Å². The number of fused-ring (bicyclic) bond motifs is 1. The van der Waals surface area contributed by atoms with E-state index in [-0.39, 0.29) is 10.3 Å². The number of aromatic nitrogens is 3. The van der Waals surface area contributed by atoms with E-state index in [1.54, 1.807) is 58.8 Å². The van der Waals surface area contributed by atoms with Crippen molar-refractivity contribution in [2.24, 2.45) is 0 Å².